The van der Waals surface area contributed by atoms with Crippen molar-refractivity contribution >= 4 is 0 Å². The van der Waals surface area contributed by atoms with Gasteiger partial charge in [-0.05, 0) is 51.2 Å². The minimum atomic E-state index is 0.772. The summed E-state index contributed by atoms with van der Waals surface area (Å²) in [5, 5.41) is 3.75. The molecular formula is C15H30N2. The van der Waals surface area contributed by atoms with Gasteiger partial charge in [0.2, 0.25) is 0 Å². The lowest BCUT2D eigenvalue weighted by atomic mass is 9.94. The zero-order chi connectivity index (χ0) is 11.9. The van der Waals surface area contributed by atoms with Crippen molar-refractivity contribution in [2.45, 2.75) is 64.3 Å². The second-order valence-electron chi connectivity index (χ2n) is 6.01. The molecule has 0 bridgehead atoms. The summed E-state index contributed by atoms with van der Waals surface area (Å²) in [4.78, 5) is 2.70. The van der Waals surface area contributed by atoms with Gasteiger partial charge >= 0.3 is 0 Å². The topological polar surface area (TPSA) is 15.3 Å². The van der Waals surface area contributed by atoms with Crippen molar-refractivity contribution in [3.05, 3.63) is 0 Å². The first-order chi connectivity index (χ1) is 8.38. The summed E-state index contributed by atoms with van der Waals surface area (Å²) in [6.07, 6.45) is 11.4. The SMILES string of the molecule is CCC1CCN(CC2CCCCCCN2)CC1. The molecule has 2 nitrogen and oxygen atoms in total. The predicted molar refractivity (Wildman–Crippen MR) is 74.3 cm³/mol. The van der Waals surface area contributed by atoms with Gasteiger partial charge in [-0.3, -0.25) is 0 Å². The number of likely N-dealkylation sites (tertiary alicyclic amines) is 1. The van der Waals surface area contributed by atoms with E-state index >= 15 is 0 Å². The Kier molecular flexibility index (Phi) is 5.79. The van der Waals surface area contributed by atoms with Gasteiger partial charge in [0.15, 0.2) is 0 Å². The Morgan fingerprint density at radius 3 is 2.53 bits per heavy atom. The number of nitrogens with one attached hydrogen (secondary N) is 1. The highest BCUT2D eigenvalue weighted by Gasteiger charge is 2.20. The van der Waals surface area contributed by atoms with Gasteiger partial charge in [-0.1, -0.05) is 32.6 Å². The molecule has 0 aromatic heterocycles. The van der Waals surface area contributed by atoms with Crippen LogP contribution in [0.2, 0.25) is 0 Å². The molecule has 2 rings (SSSR count). The zero-order valence-electron chi connectivity index (χ0n) is 11.6. The second-order valence-corrected chi connectivity index (χ2v) is 6.01. The lowest BCUT2D eigenvalue weighted by Gasteiger charge is -2.34. The summed E-state index contributed by atoms with van der Waals surface area (Å²) in [5.41, 5.74) is 0. The van der Waals surface area contributed by atoms with E-state index in [0.717, 1.165) is 12.0 Å². The van der Waals surface area contributed by atoms with Crippen LogP contribution >= 0.6 is 0 Å². The molecule has 0 amide bonds. The third-order valence-corrected chi connectivity index (χ3v) is 4.68. The molecule has 0 saturated carbocycles. The van der Waals surface area contributed by atoms with Gasteiger partial charge in [-0.2, -0.15) is 0 Å². The van der Waals surface area contributed by atoms with Gasteiger partial charge in [0.05, 0.1) is 0 Å². The van der Waals surface area contributed by atoms with Gasteiger partial charge in [-0.25, -0.2) is 0 Å². The summed E-state index contributed by atoms with van der Waals surface area (Å²) < 4.78 is 0. The highest BCUT2D eigenvalue weighted by atomic mass is 15.2. The van der Waals surface area contributed by atoms with Crippen molar-refractivity contribution in [1.29, 1.82) is 0 Å². The molecule has 1 N–H and O–H groups in total. The normalized spacial score (nSPS) is 29.8. The standard InChI is InChI=1S/C15H30N2/c1-2-14-8-11-17(12-9-14)13-15-7-5-3-4-6-10-16-15/h14-16H,2-13H2,1H3. The molecule has 0 radical (unpaired) electrons. The molecular weight excluding hydrogens is 208 g/mol. The number of nitrogens with zero attached hydrogens (tertiary/aromatic N) is 1. The number of hydrogen-bond donors (Lipinski definition) is 1. The molecule has 100 valence electrons. The van der Waals surface area contributed by atoms with Gasteiger partial charge in [-0.15, -0.1) is 0 Å². The van der Waals surface area contributed by atoms with Gasteiger partial charge < -0.3 is 10.2 Å². The highest BCUT2D eigenvalue weighted by Crippen LogP contribution is 2.20. The minimum Gasteiger partial charge on any atom is -0.313 e. The molecule has 1 unspecified atom stereocenters. The molecule has 0 aromatic carbocycles. The van der Waals surface area contributed by atoms with Gasteiger partial charge in [0, 0.05) is 12.6 Å². The van der Waals surface area contributed by atoms with E-state index in [1.165, 1.54) is 77.5 Å². The molecule has 2 heteroatoms. The average Bonchev–Trinajstić information content (AvgIpc) is 2.33. The third kappa shape index (κ3) is 4.59. The Morgan fingerprint density at radius 1 is 1.00 bits per heavy atom. The summed E-state index contributed by atoms with van der Waals surface area (Å²) >= 11 is 0. The van der Waals surface area contributed by atoms with E-state index in [4.69, 9.17) is 0 Å². The Balaban J connectivity index is 1.68. The Morgan fingerprint density at radius 2 is 1.76 bits per heavy atom. The van der Waals surface area contributed by atoms with Crippen LogP contribution in [0.25, 0.3) is 0 Å². The van der Waals surface area contributed by atoms with E-state index in [1.54, 1.807) is 0 Å². The molecule has 17 heavy (non-hydrogen) atoms. The van der Waals surface area contributed by atoms with Gasteiger partial charge in [0.25, 0.3) is 0 Å². The molecule has 2 aliphatic rings. The van der Waals surface area contributed by atoms with Crippen LogP contribution in [0.15, 0.2) is 0 Å². The first-order valence-corrected chi connectivity index (χ1v) is 7.84. The van der Waals surface area contributed by atoms with Crippen LogP contribution in [0.5, 0.6) is 0 Å². The number of rotatable bonds is 3. The van der Waals surface area contributed by atoms with E-state index in [-0.39, 0.29) is 0 Å². The quantitative estimate of drug-likeness (QED) is 0.813. The van der Waals surface area contributed by atoms with E-state index in [9.17, 15) is 0 Å². The minimum absolute atomic E-state index is 0.772. The van der Waals surface area contributed by atoms with E-state index < -0.39 is 0 Å². The summed E-state index contributed by atoms with van der Waals surface area (Å²) in [5.74, 6) is 1.01. The Bertz CT molecular complexity index is 189. The lowest BCUT2D eigenvalue weighted by Crippen LogP contribution is -2.44. The van der Waals surface area contributed by atoms with Crippen LogP contribution in [0, 0.1) is 5.92 Å². The number of hydrogen-bond acceptors (Lipinski definition) is 2. The van der Waals surface area contributed by atoms with Gasteiger partial charge in [0.1, 0.15) is 0 Å². The first kappa shape index (κ1) is 13.4. The van der Waals surface area contributed by atoms with Crippen LogP contribution in [-0.4, -0.2) is 37.1 Å². The van der Waals surface area contributed by atoms with E-state index in [1.807, 2.05) is 0 Å². The fourth-order valence-corrected chi connectivity index (χ4v) is 3.32. The first-order valence-electron chi connectivity index (χ1n) is 7.84. The molecule has 2 fully saturated rings. The highest BCUT2D eigenvalue weighted by molar-refractivity contribution is 4.78. The molecule has 0 spiro atoms. The lowest BCUT2D eigenvalue weighted by molar-refractivity contribution is 0.161. The van der Waals surface area contributed by atoms with Crippen LogP contribution in [0.4, 0.5) is 0 Å². The maximum absolute atomic E-state index is 3.75. The second kappa shape index (κ2) is 7.38. The molecule has 1 atom stereocenters. The van der Waals surface area contributed by atoms with Crippen molar-refractivity contribution < 1.29 is 0 Å². The van der Waals surface area contributed by atoms with Crippen LogP contribution < -0.4 is 5.32 Å². The smallest absolute Gasteiger partial charge is 0.0195 e. The molecule has 0 aliphatic carbocycles. The summed E-state index contributed by atoms with van der Waals surface area (Å²) in [6, 6.07) is 0.772. The third-order valence-electron chi connectivity index (χ3n) is 4.68. The van der Waals surface area contributed by atoms with Crippen LogP contribution in [-0.2, 0) is 0 Å². The van der Waals surface area contributed by atoms with Crippen LogP contribution in [0.1, 0.15) is 58.3 Å². The average molecular weight is 238 g/mol. The largest absolute Gasteiger partial charge is 0.313 e. The van der Waals surface area contributed by atoms with Crippen molar-refractivity contribution in [2.24, 2.45) is 5.92 Å². The van der Waals surface area contributed by atoms with Crippen LogP contribution in [0.3, 0.4) is 0 Å². The van der Waals surface area contributed by atoms with E-state index in [2.05, 4.69) is 17.1 Å². The Labute approximate surface area is 107 Å². The van der Waals surface area contributed by atoms with Crippen molar-refractivity contribution in [3.8, 4) is 0 Å². The fourth-order valence-electron chi connectivity index (χ4n) is 3.32. The zero-order valence-corrected chi connectivity index (χ0v) is 11.6. The molecule has 2 heterocycles. The summed E-state index contributed by atoms with van der Waals surface area (Å²) in [6.45, 7) is 7.58. The molecule has 2 aliphatic heterocycles. The summed E-state index contributed by atoms with van der Waals surface area (Å²) in [7, 11) is 0. The number of piperidine rings is 1. The van der Waals surface area contributed by atoms with E-state index in [0.29, 0.717) is 0 Å². The van der Waals surface area contributed by atoms with Crippen molar-refractivity contribution in [2.75, 3.05) is 26.2 Å². The maximum atomic E-state index is 3.75. The molecule has 2 saturated heterocycles. The molecule has 0 aromatic rings. The maximum Gasteiger partial charge on any atom is 0.0195 e. The Hall–Kier alpha value is -0.0800. The predicted octanol–water partition coefficient (Wildman–Crippen LogP) is 3.03. The fraction of sp³-hybridized carbons (Fsp3) is 1.00. The monoisotopic (exact) mass is 238 g/mol. The van der Waals surface area contributed by atoms with Crippen molar-refractivity contribution in [1.82, 2.24) is 10.2 Å². The van der Waals surface area contributed by atoms with Crippen molar-refractivity contribution in [3.63, 3.8) is 0 Å².